The average Bonchev–Trinajstić information content (AvgIpc) is 2.16. The summed E-state index contributed by atoms with van der Waals surface area (Å²) < 4.78 is 49.9. The molecular formula is C10H11F4NO. The highest BCUT2D eigenvalue weighted by molar-refractivity contribution is 5.29. The van der Waals surface area contributed by atoms with Crippen LogP contribution in [0.5, 0.6) is 0 Å². The first kappa shape index (κ1) is 12.9. The fraction of sp³-hybridized carbons (Fsp3) is 0.400. The lowest BCUT2D eigenvalue weighted by Gasteiger charge is -2.14. The number of hydrogen-bond acceptors (Lipinski definition) is 2. The molecule has 0 aromatic heterocycles. The molecule has 0 aliphatic rings. The Kier molecular flexibility index (Phi) is 3.88. The maximum absolute atomic E-state index is 12.9. The molecule has 1 atom stereocenters. The van der Waals surface area contributed by atoms with Crippen LogP contribution in [0.1, 0.15) is 23.6 Å². The molecule has 1 rings (SSSR count). The van der Waals surface area contributed by atoms with E-state index in [0.29, 0.717) is 6.07 Å². The van der Waals surface area contributed by atoms with Gasteiger partial charge in [-0.15, -0.1) is 0 Å². The zero-order valence-corrected chi connectivity index (χ0v) is 8.26. The maximum Gasteiger partial charge on any atom is 0.419 e. The van der Waals surface area contributed by atoms with Crippen molar-refractivity contribution in [1.82, 2.24) is 0 Å². The number of aliphatic hydroxyl groups excluding tert-OH is 1. The first-order chi connectivity index (χ1) is 7.36. The van der Waals surface area contributed by atoms with Crippen molar-refractivity contribution in [2.75, 3.05) is 6.61 Å². The van der Waals surface area contributed by atoms with Gasteiger partial charge in [0, 0.05) is 12.6 Å². The minimum atomic E-state index is -4.74. The molecule has 0 saturated heterocycles. The summed E-state index contributed by atoms with van der Waals surface area (Å²) in [6, 6.07) is 1.86. The van der Waals surface area contributed by atoms with E-state index in [0.717, 1.165) is 6.07 Å². The van der Waals surface area contributed by atoms with Gasteiger partial charge in [-0.2, -0.15) is 13.2 Å². The van der Waals surface area contributed by atoms with E-state index < -0.39 is 23.6 Å². The zero-order chi connectivity index (χ0) is 12.3. The third-order valence-corrected chi connectivity index (χ3v) is 2.16. The quantitative estimate of drug-likeness (QED) is 0.792. The van der Waals surface area contributed by atoms with Gasteiger partial charge in [0.15, 0.2) is 0 Å². The molecule has 1 aromatic rings. The highest BCUT2D eigenvalue weighted by Crippen LogP contribution is 2.33. The van der Waals surface area contributed by atoms with Gasteiger partial charge in [-0.05, 0) is 24.1 Å². The number of benzene rings is 1. The smallest absolute Gasteiger partial charge is 0.396 e. The van der Waals surface area contributed by atoms with E-state index in [4.69, 9.17) is 10.8 Å². The lowest BCUT2D eigenvalue weighted by Crippen LogP contribution is -2.15. The van der Waals surface area contributed by atoms with Crippen molar-refractivity contribution in [2.45, 2.75) is 18.6 Å². The zero-order valence-electron chi connectivity index (χ0n) is 8.26. The lowest BCUT2D eigenvalue weighted by atomic mass is 10.0. The second-order valence-corrected chi connectivity index (χ2v) is 3.36. The predicted molar refractivity (Wildman–Crippen MR) is 50.0 cm³/mol. The van der Waals surface area contributed by atoms with Crippen LogP contribution < -0.4 is 5.73 Å². The Bertz CT molecular complexity index is 364. The topological polar surface area (TPSA) is 46.2 Å². The van der Waals surface area contributed by atoms with Gasteiger partial charge in [0.1, 0.15) is 5.82 Å². The number of alkyl halides is 3. The predicted octanol–water partition coefficient (Wildman–Crippen LogP) is 2.23. The standard InChI is InChI=1S/C10H11F4NO/c11-8-2-1-6(9(15)3-4-16)5-7(8)10(12,13)14/h1-2,5,9,16H,3-4,15H2/t9-/m1/s1. The second kappa shape index (κ2) is 4.80. The number of rotatable bonds is 3. The number of hydrogen-bond donors (Lipinski definition) is 2. The normalized spacial score (nSPS) is 13.9. The van der Waals surface area contributed by atoms with E-state index in [1.165, 1.54) is 6.07 Å². The molecule has 6 heteroatoms. The SMILES string of the molecule is N[C@H](CCO)c1ccc(F)c(C(F)(F)F)c1. The van der Waals surface area contributed by atoms with Crippen molar-refractivity contribution in [3.05, 3.63) is 35.1 Å². The van der Waals surface area contributed by atoms with Crippen molar-refractivity contribution >= 4 is 0 Å². The van der Waals surface area contributed by atoms with Gasteiger partial charge in [0.25, 0.3) is 0 Å². The first-order valence-electron chi connectivity index (χ1n) is 4.59. The van der Waals surface area contributed by atoms with Crippen molar-refractivity contribution < 1.29 is 22.7 Å². The molecule has 1 aromatic carbocycles. The number of halogens is 4. The summed E-state index contributed by atoms with van der Waals surface area (Å²) in [5, 5.41) is 8.61. The van der Waals surface area contributed by atoms with Crippen LogP contribution in [0, 0.1) is 5.82 Å². The van der Waals surface area contributed by atoms with Gasteiger partial charge in [-0.1, -0.05) is 6.07 Å². The largest absolute Gasteiger partial charge is 0.419 e. The monoisotopic (exact) mass is 237 g/mol. The number of aliphatic hydroxyl groups is 1. The summed E-state index contributed by atoms with van der Waals surface area (Å²) in [4.78, 5) is 0. The lowest BCUT2D eigenvalue weighted by molar-refractivity contribution is -0.140. The Morgan fingerprint density at radius 2 is 1.94 bits per heavy atom. The van der Waals surface area contributed by atoms with Crippen LogP contribution in [-0.2, 0) is 6.18 Å². The highest BCUT2D eigenvalue weighted by atomic mass is 19.4. The molecule has 2 nitrogen and oxygen atoms in total. The van der Waals surface area contributed by atoms with Gasteiger partial charge < -0.3 is 10.8 Å². The van der Waals surface area contributed by atoms with E-state index in [2.05, 4.69) is 0 Å². The van der Waals surface area contributed by atoms with E-state index in [-0.39, 0.29) is 18.6 Å². The molecule has 0 aliphatic heterocycles. The summed E-state index contributed by atoms with van der Waals surface area (Å²) in [6.07, 6.45) is -4.61. The maximum atomic E-state index is 12.9. The molecule has 3 N–H and O–H groups in total. The highest BCUT2D eigenvalue weighted by Gasteiger charge is 2.34. The van der Waals surface area contributed by atoms with Gasteiger partial charge in [-0.3, -0.25) is 0 Å². The molecule has 0 bridgehead atoms. The van der Waals surface area contributed by atoms with E-state index in [1.807, 2.05) is 0 Å². The van der Waals surface area contributed by atoms with Crippen LogP contribution in [-0.4, -0.2) is 11.7 Å². The van der Waals surface area contributed by atoms with E-state index in [1.54, 1.807) is 0 Å². The Hall–Kier alpha value is -1.14. The fourth-order valence-corrected chi connectivity index (χ4v) is 1.30. The van der Waals surface area contributed by atoms with Crippen LogP contribution in [0.4, 0.5) is 17.6 Å². The number of nitrogens with two attached hydrogens (primary N) is 1. The molecule has 16 heavy (non-hydrogen) atoms. The van der Waals surface area contributed by atoms with E-state index >= 15 is 0 Å². The van der Waals surface area contributed by atoms with Crippen molar-refractivity contribution in [2.24, 2.45) is 5.73 Å². The Morgan fingerprint density at radius 3 is 2.44 bits per heavy atom. The molecule has 0 radical (unpaired) electrons. The summed E-state index contributed by atoms with van der Waals surface area (Å²) in [5.41, 5.74) is 4.34. The molecule has 0 unspecified atom stereocenters. The fourth-order valence-electron chi connectivity index (χ4n) is 1.30. The van der Waals surface area contributed by atoms with Gasteiger partial charge in [0.2, 0.25) is 0 Å². The third kappa shape index (κ3) is 2.93. The Morgan fingerprint density at radius 1 is 1.31 bits per heavy atom. The minimum absolute atomic E-state index is 0.128. The molecule has 0 heterocycles. The molecule has 0 saturated carbocycles. The van der Waals surface area contributed by atoms with Crippen molar-refractivity contribution in [1.29, 1.82) is 0 Å². The van der Waals surface area contributed by atoms with Crippen LogP contribution in [0.2, 0.25) is 0 Å². The van der Waals surface area contributed by atoms with Crippen LogP contribution in [0.3, 0.4) is 0 Å². The summed E-state index contributed by atoms with van der Waals surface area (Å²) in [7, 11) is 0. The second-order valence-electron chi connectivity index (χ2n) is 3.36. The summed E-state index contributed by atoms with van der Waals surface area (Å²) in [5.74, 6) is -1.33. The van der Waals surface area contributed by atoms with Crippen LogP contribution in [0.25, 0.3) is 0 Å². The van der Waals surface area contributed by atoms with Crippen LogP contribution >= 0.6 is 0 Å². The summed E-state index contributed by atoms with van der Waals surface area (Å²) in [6.45, 7) is -0.236. The van der Waals surface area contributed by atoms with Gasteiger partial charge >= 0.3 is 6.18 Å². The molecule has 0 spiro atoms. The van der Waals surface area contributed by atoms with Gasteiger partial charge in [-0.25, -0.2) is 4.39 Å². The molecular weight excluding hydrogens is 226 g/mol. The van der Waals surface area contributed by atoms with Crippen molar-refractivity contribution in [3.63, 3.8) is 0 Å². The van der Waals surface area contributed by atoms with Crippen LogP contribution in [0.15, 0.2) is 18.2 Å². The summed E-state index contributed by atoms with van der Waals surface area (Å²) >= 11 is 0. The van der Waals surface area contributed by atoms with Gasteiger partial charge in [0.05, 0.1) is 5.56 Å². The minimum Gasteiger partial charge on any atom is -0.396 e. The Labute approximate surface area is 89.7 Å². The molecule has 90 valence electrons. The van der Waals surface area contributed by atoms with Crippen molar-refractivity contribution in [3.8, 4) is 0 Å². The first-order valence-corrected chi connectivity index (χ1v) is 4.59. The molecule has 0 fully saturated rings. The Balaban J connectivity index is 3.07. The third-order valence-electron chi connectivity index (χ3n) is 2.16. The molecule has 0 aliphatic carbocycles. The van der Waals surface area contributed by atoms with E-state index in [9.17, 15) is 17.6 Å². The average molecular weight is 237 g/mol. The molecule has 0 amide bonds.